The van der Waals surface area contributed by atoms with Crippen LogP contribution in [0.5, 0.6) is 0 Å². The maximum absolute atomic E-state index is 13.9. The van der Waals surface area contributed by atoms with E-state index in [2.05, 4.69) is 58.5 Å². The second-order valence-electron chi connectivity index (χ2n) is 15.8. The Morgan fingerprint density at radius 3 is 2.31 bits per heavy atom. The van der Waals surface area contributed by atoms with E-state index in [4.69, 9.17) is 19.2 Å². The summed E-state index contributed by atoms with van der Waals surface area (Å²) in [6.45, 7) is 19.5. The first-order valence-electron chi connectivity index (χ1n) is 16.9. The van der Waals surface area contributed by atoms with Crippen molar-refractivity contribution in [1.82, 2.24) is 9.29 Å². The fraction of sp³-hybridized carbons (Fsp3) is 0.528. The van der Waals surface area contributed by atoms with Crippen LogP contribution >= 0.6 is 0 Å². The molecule has 1 aromatic heterocycles. The number of H-pyrrole nitrogens is 1. The number of esters is 2. The predicted octanol–water partition coefficient (Wildman–Crippen LogP) is 7.25. The average Bonchev–Trinajstić information content (AvgIpc) is 3.36. The van der Waals surface area contributed by atoms with Crippen LogP contribution in [0.3, 0.4) is 0 Å². The van der Waals surface area contributed by atoms with Crippen molar-refractivity contribution in [2.45, 2.75) is 95.2 Å². The van der Waals surface area contributed by atoms with Gasteiger partial charge in [0.15, 0.2) is 0 Å². The van der Waals surface area contributed by atoms with Gasteiger partial charge in [0.25, 0.3) is 8.32 Å². The van der Waals surface area contributed by atoms with Gasteiger partial charge in [-0.05, 0) is 61.3 Å². The fourth-order valence-electron chi connectivity index (χ4n) is 5.61. The minimum atomic E-state index is -3.87. The number of hydrogen-bond acceptors (Lipinski definition) is 8. The minimum absolute atomic E-state index is 0.0356. The number of aryl methyl sites for hydroxylation is 1. The summed E-state index contributed by atoms with van der Waals surface area (Å²) in [7, 11) is -6.38. The van der Waals surface area contributed by atoms with Gasteiger partial charge >= 0.3 is 11.9 Å². The molecule has 3 aromatic rings. The molecular formula is C36H53N3O7SSi2. The number of nitrogens with zero attached hydrogens (tertiary/aromatic N) is 2. The number of hydrogen-bond donors (Lipinski definition) is 1. The lowest BCUT2D eigenvalue weighted by atomic mass is 9.80. The van der Waals surface area contributed by atoms with Gasteiger partial charge in [-0.15, -0.1) is 5.16 Å². The molecule has 1 aliphatic rings. The highest BCUT2D eigenvalue weighted by Gasteiger charge is 2.45. The smallest absolute Gasteiger partial charge is 0.315 e. The van der Waals surface area contributed by atoms with E-state index in [0.29, 0.717) is 23.6 Å². The number of methoxy groups -OCH3 is 1. The Morgan fingerprint density at radius 1 is 1.04 bits per heavy atom. The molecule has 0 saturated carbocycles. The van der Waals surface area contributed by atoms with Gasteiger partial charge < -0.3 is 19.0 Å². The number of sulfonamides is 1. The zero-order valence-corrected chi connectivity index (χ0v) is 33.5. The molecule has 49 heavy (non-hydrogen) atoms. The number of carbonyl (C=O) groups excluding carboxylic acids is 2. The van der Waals surface area contributed by atoms with Crippen LogP contribution < -0.4 is 0 Å². The summed E-state index contributed by atoms with van der Waals surface area (Å²) in [5, 5.41) is 5.35. The number of para-hydroxylation sites is 1. The summed E-state index contributed by atoms with van der Waals surface area (Å²) < 4.78 is 46.6. The van der Waals surface area contributed by atoms with Gasteiger partial charge in [-0.2, -0.15) is 4.31 Å². The third kappa shape index (κ3) is 9.10. The molecular weight excluding hydrogens is 675 g/mol. The van der Waals surface area contributed by atoms with E-state index < -0.39 is 44.2 Å². The SMILES string of the molecule is COC(=O)[C@@H](c1[nH]c2ccccc2c1CC(=O)OCC[Si](C)(C)C)[C@H]1CCN(S(=O)(=O)c2ccc(C)cc2)C/C1=N/O[Si](C)(C)C(C)(C)C. The van der Waals surface area contributed by atoms with Crippen molar-refractivity contribution in [3.8, 4) is 0 Å². The Morgan fingerprint density at radius 2 is 1.69 bits per heavy atom. The molecule has 0 spiro atoms. The number of aromatic amines is 1. The fourth-order valence-corrected chi connectivity index (χ4v) is 8.37. The van der Waals surface area contributed by atoms with Gasteiger partial charge in [-0.3, -0.25) is 9.59 Å². The van der Waals surface area contributed by atoms with Gasteiger partial charge in [0, 0.05) is 37.1 Å². The first-order chi connectivity index (χ1) is 22.7. The summed E-state index contributed by atoms with van der Waals surface area (Å²) in [5.41, 5.74) is 3.35. The summed E-state index contributed by atoms with van der Waals surface area (Å²) in [5.74, 6) is -2.37. The van der Waals surface area contributed by atoms with Crippen molar-refractivity contribution in [3.05, 3.63) is 65.4 Å². The maximum Gasteiger partial charge on any atom is 0.315 e. The number of benzene rings is 2. The molecule has 2 aromatic carbocycles. The third-order valence-electron chi connectivity index (χ3n) is 9.76. The van der Waals surface area contributed by atoms with Crippen molar-refractivity contribution in [2.24, 2.45) is 11.1 Å². The zero-order chi connectivity index (χ0) is 36.4. The van der Waals surface area contributed by atoms with E-state index >= 15 is 0 Å². The van der Waals surface area contributed by atoms with Gasteiger partial charge in [0.1, 0.15) is 5.92 Å². The number of fused-ring (bicyclic) bond motifs is 1. The molecule has 2 atom stereocenters. The third-order valence-corrected chi connectivity index (χ3v) is 17.5. The number of piperidine rings is 1. The molecule has 10 nitrogen and oxygen atoms in total. The monoisotopic (exact) mass is 727 g/mol. The predicted molar refractivity (Wildman–Crippen MR) is 200 cm³/mol. The molecule has 1 N–H and O–H groups in total. The number of oxime groups is 1. The van der Waals surface area contributed by atoms with Gasteiger partial charge in [0.05, 0.1) is 37.3 Å². The van der Waals surface area contributed by atoms with E-state index in [1.54, 1.807) is 24.3 Å². The van der Waals surface area contributed by atoms with Crippen molar-refractivity contribution in [1.29, 1.82) is 0 Å². The quantitative estimate of drug-likeness (QED) is 0.118. The standard InChI is InChI=1S/C36H53N3O7SSi2/c1-25-15-17-26(18-16-25)47(42,43)39-20-19-28(31(24-39)38-46-49(9,10)36(2,3)4)33(35(41)44-5)34-29(27-13-11-12-14-30(27)37-34)23-32(40)45-21-22-48(6,7)8/h11-18,28,33,37H,19-24H2,1-10H3/b38-31-/t28-,33+/m0/s1. The van der Waals surface area contributed by atoms with Crippen LogP contribution in [0.2, 0.25) is 43.8 Å². The lowest BCUT2D eigenvalue weighted by Crippen LogP contribution is -2.48. The second kappa shape index (κ2) is 14.9. The largest absolute Gasteiger partial charge is 0.468 e. The first-order valence-corrected chi connectivity index (χ1v) is 25.0. The van der Waals surface area contributed by atoms with Gasteiger partial charge in [-0.25, -0.2) is 8.42 Å². The number of nitrogens with one attached hydrogen (secondary N) is 1. The van der Waals surface area contributed by atoms with Crippen molar-refractivity contribution in [2.75, 3.05) is 26.8 Å². The molecule has 1 aliphatic heterocycles. The number of rotatable bonds is 12. The van der Waals surface area contributed by atoms with Gasteiger partial charge in [-0.1, -0.05) is 76.3 Å². The Labute approximate surface area is 293 Å². The lowest BCUT2D eigenvalue weighted by Gasteiger charge is -2.37. The van der Waals surface area contributed by atoms with Crippen molar-refractivity contribution < 1.29 is 32.0 Å². The van der Waals surface area contributed by atoms with E-state index in [0.717, 1.165) is 22.5 Å². The van der Waals surface area contributed by atoms with Crippen LogP contribution in [-0.4, -0.2) is 78.6 Å². The molecule has 0 radical (unpaired) electrons. The van der Waals surface area contributed by atoms with Crippen LogP contribution in [-0.2, 0) is 40.0 Å². The van der Waals surface area contributed by atoms with Crippen LogP contribution in [0.4, 0.5) is 0 Å². The summed E-state index contributed by atoms with van der Waals surface area (Å²) in [6, 6.07) is 15.2. The van der Waals surface area contributed by atoms with E-state index in [-0.39, 0.29) is 41.8 Å². The second-order valence-corrected chi connectivity index (χ2v) is 28.0. The van der Waals surface area contributed by atoms with Crippen LogP contribution in [0.1, 0.15) is 49.9 Å². The molecule has 1 fully saturated rings. The number of aromatic nitrogens is 1. The average molecular weight is 728 g/mol. The van der Waals surface area contributed by atoms with Gasteiger partial charge in [0.2, 0.25) is 10.0 Å². The Kier molecular flexibility index (Phi) is 11.7. The van der Waals surface area contributed by atoms with Crippen LogP contribution in [0.25, 0.3) is 10.9 Å². The molecule has 0 bridgehead atoms. The van der Waals surface area contributed by atoms with Crippen molar-refractivity contribution >= 4 is 55.0 Å². The molecule has 4 rings (SSSR count). The Hall–Kier alpha value is -3.27. The van der Waals surface area contributed by atoms with Crippen LogP contribution in [0.15, 0.2) is 58.6 Å². The Balaban J connectivity index is 1.79. The highest BCUT2D eigenvalue weighted by atomic mass is 32.2. The topological polar surface area (TPSA) is 127 Å². The van der Waals surface area contributed by atoms with Crippen molar-refractivity contribution in [3.63, 3.8) is 0 Å². The Bertz CT molecular complexity index is 1790. The van der Waals surface area contributed by atoms with E-state index in [9.17, 15) is 18.0 Å². The molecule has 268 valence electrons. The summed E-state index contributed by atoms with van der Waals surface area (Å²) in [4.78, 5) is 30.8. The number of ether oxygens (including phenoxy) is 2. The molecule has 13 heteroatoms. The number of carbonyl (C=O) groups is 2. The molecule has 2 heterocycles. The lowest BCUT2D eigenvalue weighted by molar-refractivity contribution is -0.144. The molecule has 0 aliphatic carbocycles. The molecule has 1 saturated heterocycles. The highest BCUT2D eigenvalue weighted by Crippen LogP contribution is 2.40. The van der Waals surface area contributed by atoms with E-state index in [1.807, 2.05) is 31.2 Å². The summed E-state index contributed by atoms with van der Waals surface area (Å²) >= 11 is 0. The normalized spacial score (nSPS) is 18.0. The highest BCUT2D eigenvalue weighted by molar-refractivity contribution is 7.89. The van der Waals surface area contributed by atoms with E-state index in [1.165, 1.54) is 11.4 Å². The molecule has 0 unspecified atom stereocenters. The zero-order valence-electron chi connectivity index (χ0n) is 30.7. The minimum Gasteiger partial charge on any atom is -0.468 e. The first kappa shape index (κ1) is 38.5. The maximum atomic E-state index is 13.9. The molecule has 0 amide bonds. The van der Waals surface area contributed by atoms with Crippen LogP contribution in [0, 0.1) is 12.8 Å². The summed E-state index contributed by atoms with van der Waals surface area (Å²) in [6.07, 6.45) is 0.242.